The van der Waals surface area contributed by atoms with Crippen molar-refractivity contribution >= 4 is 45.8 Å². The van der Waals surface area contributed by atoms with Gasteiger partial charge in [0, 0.05) is 36.4 Å². The molecule has 7 nitrogen and oxygen atoms in total. The number of benzene rings is 2. The minimum absolute atomic E-state index is 0.111. The van der Waals surface area contributed by atoms with Gasteiger partial charge in [0.15, 0.2) is 0 Å². The van der Waals surface area contributed by atoms with E-state index in [4.69, 9.17) is 4.74 Å². The highest BCUT2D eigenvalue weighted by Crippen LogP contribution is 2.35. The summed E-state index contributed by atoms with van der Waals surface area (Å²) in [7, 11) is 1.57. The van der Waals surface area contributed by atoms with Gasteiger partial charge in [-0.25, -0.2) is 4.39 Å². The highest BCUT2D eigenvalue weighted by Gasteiger charge is 2.35. The van der Waals surface area contributed by atoms with Gasteiger partial charge in [0.2, 0.25) is 5.91 Å². The van der Waals surface area contributed by atoms with Gasteiger partial charge in [0.25, 0.3) is 11.1 Å². The second-order valence-corrected chi connectivity index (χ2v) is 9.07. The Morgan fingerprint density at radius 2 is 1.91 bits per heavy atom. The largest absolute Gasteiger partial charge is 0.383 e. The van der Waals surface area contributed by atoms with Gasteiger partial charge in [-0.2, -0.15) is 0 Å². The second-order valence-electron chi connectivity index (χ2n) is 8.08. The summed E-state index contributed by atoms with van der Waals surface area (Å²) in [6, 6.07) is 12.0. The molecule has 2 aromatic carbocycles. The second kappa shape index (κ2) is 10.9. The lowest BCUT2D eigenvalue weighted by Gasteiger charge is -2.12. The van der Waals surface area contributed by atoms with Crippen LogP contribution in [0.15, 0.2) is 53.6 Å². The Labute approximate surface area is 206 Å². The maximum Gasteiger partial charge on any atom is 0.293 e. The number of methoxy groups -OCH3 is 1. The number of hydrogen-bond donors (Lipinski definition) is 1. The number of hydrogen-bond acceptors (Lipinski definition) is 5. The zero-order valence-corrected chi connectivity index (χ0v) is 20.4. The van der Waals surface area contributed by atoms with E-state index in [-0.39, 0.29) is 29.5 Å². The number of imide groups is 1. The Kier molecular flexibility index (Phi) is 7.67. The molecule has 0 atom stereocenters. The van der Waals surface area contributed by atoms with Crippen LogP contribution in [0, 0.1) is 5.82 Å². The molecule has 35 heavy (non-hydrogen) atoms. The fourth-order valence-corrected chi connectivity index (χ4v) is 4.90. The highest BCUT2D eigenvalue weighted by atomic mass is 32.2. The summed E-state index contributed by atoms with van der Waals surface area (Å²) in [5.74, 6) is -1.08. The summed E-state index contributed by atoms with van der Waals surface area (Å²) >= 11 is 0.831. The SMILES string of the molecule is CCc1cccc2c(/C=C3\SC(=O)N(Cc4ccccc4F)C3=O)cn(CC(=O)NCCOC)c12. The van der Waals surface area contributed by atoms with Crippen LogP contribution in [-0.4, -0.2) is 46.8 Å². The van der Waals surface area contributed by atoms with Crippen LogP contribution in [0.1, 0.15) is 23.6 Å². The van der Waals surface area contributed by atoms with Gasteiger partial charge < -0.3 is 14.6 Å². The summed E-state index contributed by atoms with van der Waals surface area (Å²) in [4.78, 5) is 39.4. The van der Waals surface area contributed by atoms with Gasteiger partial charge in [0.1, 0.15) is 12.4 Å². The Hall–Kier alpha value is -3.43. The molecule has 1 aromatic heterocycles. The lowest BCUT2D eigenvalue weighted by molar-refractivity contribution is -0.123. The summed E-state index contributed by atoms with van der Waals surface area (Å²) in [5.41, 5.74) is 2.99. The maximum atomic E-state index is 14.1. The molecule has 3 aromatic rings. The molecule has 0 spiro atoms. The van der Waals surface area contributed by atoms with Crippen LogP contribution in [0.25, 0.3) is 17.0 Å². The fourth-order valence-electron chi connectivity index (χ4n) is 4.07. The quantitative estimate of drug-likeness (QED) is 0.353. The Morgan fingerprint density at radius 3 is 2.66 bits per heavy atom. The van der Waals surface area contributed by atoms with Crippen LogP contribution in [0.2, 0.25) is 0 Å². The van der Waals surface area contributed by atoms with Gasteiger partial charge in [-0.3, -0.25) is 19.3 Å². The summed E-state index contributed by atoms with van der Waals surface area (Å²) < 4.78 is 20.9. The van der Waals surface area contributed by atoms with Crippen molar-refractivity contribution in [3.63, 3.8) is 0 Å². The number of carbonyl (C=O) groups excluding carboxylic acids is 3. The number of aryl methyl sites for hydroxylation is 1. The van der Waals surface area contributed by atoms with Crippen molar-refractivity contribution in [3.8, 4) is 0 Å². The van der Waals surface area contributed by atoms with E-state index in [1.54, 1.807) is 31.4 Å². The normalized spacial score (nSPS) is 14.9. The number of fused-ring (bicyclic) bond motifs is 1. The number of ether oxygens (including phenoxy) is 1. The lowest BCUT2D eigenvalue weighted by atomic mass is 10.1. The third kappa shape index (κ3) is 5.31. The van der Waals surface area contributed by atoms with Crippen LogP contribution in [0.3, 0.4) is 0 Å². The van der Waals surface area contributed by atoms with Gasteiger partial charge in [-0.1, -0.05) is 43.3 Å². The fraction of sp³-hybridized carbons (Fsp3) is 0.269. The van der Waals surface area contributed by atoms with Crippen LogP contribution in [0.5, 0.6) is 0 Å². The molecule has 2 heterocycles. The van der Waals surface area contributed by atoms with Crippen LogP contribution < -0.4 is 5.32 Å². The van der Waals surface area contributed by atoms with Crippen LogP contribution in [0.4, 0.5) is 9.18 Å². The number of amides is 3. The van der Waals surface area contributed by atoms with E-state index in [9.17, 15) is 18.8 Å². The topological polar surface area (TPSA) is 80.6 Å². The van der Waals surface area contributed by atoms with Crippen LogP contribution in [-0.2, 0) is 33.8 Å². The van der Waals surface area contributed by atoms with E-state index in [1.807, 2.05) is 35.9 Å². The third-order valence-electron chi connectivity index (χ3n) is 5.78. The minimum Gasteiger partial charge on any atom is -0.383 e. The lowest BCUT2D eigenvalue weighted by Crippen LogP contribution is -2.30. The smallest absolute Gasteiger partial charge is 0.293 e. The maximum absolute atomic E-state index is 14.1. The molecule has 9 heteroatoms. The average Bonchev–Trinajstić information content (AvgIpc) is 3.32. The van der Waals surface area contributed by atoms with Crippen molar-refractivity contribution in [1.82, 2.24) is 14.8 Å². The molecule has 0 unspecified atom stereocenters. The molecule has 0 aliphatic carbocycles. The number of carbonyl (C=O) groups is 3. The number of rotatable bonds is 9. The molecule has 4 rings (SSSR count). The van der Waals surface area contributed by atoms with Gasteiger partial charge in [0.05, 0.1) is 23.6 Å². The minimum atomic E-state index is -0.465. The molecular weight excluding hydrogens is 469 g/mol. The van der Waals surface area contributed by atoms with E-state index < -0.39 is 17.0 Å². The highest BCUT2D eigenvalue weighted by molar-refractivity contribution is 8.18. The molecule has 1 fully saturated rings. The molecular formula is C26H26FN3O4S. The van der Waals surface area contributed by atoms with Gasteiger partial charge in [-0.15, -0.1) is 0 Å². The Morgan fingerprint density at radius 1 is 1.14 bits per heavy atom. The first-order chi connectivity index (χ1) is 16.9. The molecule has 1 aliphatic rings. The monoisotopic (exact) mass is 495 g/mol. The van der Waals surface area contributed by atoms with Crippen molar-refractivity contribution in [2.45, 2.75) is 26.4 Å². The average molecular weight is 496 g/mol. The zero-order chi connectivity index (χ0) is 24.9. The number of halogens is 1. The summed E-state index contributed by atoms with van der Waals surface area (Å²) in [5, 5.41) is 3.26. The molecule has 1 aliphatic heterocycles. The van der Waals surface area contributed by atoms with E-state index in [0.717, 1.165) is 45.1 Å². The van der Waals surface area contributed by atoms with Crippen molar-refractivity contribution in [3.05, 3.63) is 76.1 Å². The predicted octanol–water partition coefficient (Wildman–Crippen LogP) is 4.34. The van der Waals surface area contributed by atoms with E-state index in [1.165, 1.54) is 6.07 Å². The van der Waals surface area contributed by atoms with Gasteiger partial charge >= 0.3 is 0 Å². The number of para-hydroxylation sites is 1. The summed E-state index contributed by atoms with van der Waals surface area (Å²) in [6.45, 7) is 2.86. The first-order valence-corrected chi connectivity index (χ1v) is 12.1. The molecule has 3 amide bonds. The summed E-state index contributed by atoms with van der Waals surface area (Å²) in [6.07, 6.45) is 4.27. The van der Waals surface area contributed by atoms with E-state index in [0.29, 0.717) is 13.2 Å². The molecule has 182 valence electrons. The predicted molar refractivity (Wildman–Crippen MR) is 134 cm³/mol. The van der Waals surface area contributed by atoms with Crippen molar-refractivity contribution in [2.75, 3.05) is 20.3 Å². The Bertz CT molecular complexity index is 1320. The van der Waals surface area contributed by atoms with Crippen molar-refractivity contribution in [2.24, 2.45) is 0 Å². The number of nitrogens with zero attached hydrogens (tertiary/aromatic N) is 2. The first kappa shape index (κ1) is 24.7. The molecule has 0 saturated carbocycles. The van der Waals surface area contributed by atoms with E-state index >= 15 is 0 Å². The van der Waals surface area contributed by atoms with Crippen molar-refractivity contribution in [1.29, 1.82) is 0 Å². The molecule has 0 radical (unpaired) electrons. The molecule has 1 N–H and O–H groups in total. The molecule has 1 saturated heterocycles. The number of aromatic nitrogens is 1. The number of nitrogens with one attached hydrogen (secondary N) is 1. The Balaban J connectivity index is 1.65. The third-order valence-corrected chi connectivity index (χ3v) is 6.69. The van der Waals surface area contributed by atoms with Crippen LogP contribution >= 0.6 is 11.8 Å². The zero-order valence-electron chi connectivity index (χ0n) is 19.5. The molecule has 0 bridgehead atoms. The van der Waals surface area contributed by atoms with Gasteiger partial charge in [-0.05, 0) is 35.9 Å². The van der Waals surface area contributed by atoms with Crippen molar-refractivity contribution < 1.29 is 23.5 Å². The number of thioether (sulfide) groups is 1. The van der Waals surface area contributed by atoms with E-state index in [2.05, 4.69) is 5.32 Å². The standard InChI is InChI=1S/C26H26FN3O4S/c1-3-17-8-6-9-20-19(14-29(24(17)20)16-23(31)28-11-12-34-2)13-22-25(32)30(26(33)35-22)15-18-7-4-5-10-21(18)27/h4-10,13-14H,3,11-12,15-16H2,1-2H3,(H,28,31)/b22-13-. The first-order valence-electron chi connectivity index (χ1n) is 11.3.